The Balaban J connectivity index is 1.78. The van der Waals surface area contributed by atoms with E-state index in [1.165, 1.54) is 44.8 Å². The highest BCUT2D eigenvalue weighted by molar-refractivity contribution is 6.02. The molecular weight excluding hydrogens is 470 g/mol. The highest BCUT2D eigenvalue weighted by atomic mass is 16.5. The Kier molecular flexibility index (Phi) is 7.23. The molecule has 0 atom stereocenters. The lowest BCUT2D eigenvalue weighted by Gasteiger charge is -2.46. The molecule has 0 saturated heterocycles. The van der Waals surface area contributed by atoms with Crippen molar-refractivity contribution in [3.05, 3.63) is 93.0 Å². The molecule has 5 nitrogen and oxygen atoms in total. The summed E-state index contributed by atoms with van der Waals surface area (Å²) >= 11 is 0. The number of nitrogens with one attached hydrogen (secondary N) is 2. The molecule has 3 aromatic carbocycles. The van der Waals surface area contributed by atoms with Gasteiger partial charge >= 0.3 is 0 Å². The first kappa shape index (κ1) is 26.3. The normalized spacial score (nSPS) is 15.0. The van der Waals surface area contributed by atoms with Crippen LogP contribution in [0.2, 0.25) is 0 Å². The van der Waals surface area contributed by atoms with Crippen molar-refractivity contribution in [1.82, 2.24) is 4.90 Å². The smallest absolute Gasteiger partial charge is 0.255 e. The summed E-state index contributed by atoms with van der Waals surface area (Å²) in [5.74, 6) is 0.103. The lowest BCUT2D eigenvalue weighted by Crippen LogP contribution is -2.49. The zero-order valence-corrected chi connectivity index (χ0v) is 23.7. The molecule has 0 unspecified atom stereocenters. The van der Waals surface area contributed by atoms with E-state index in [9.17, 15) is 4.79 Å². The minimum Gasteiger partial charge on any atom is -0.385 e. The molecule has 0 radical (unpaired) electrons. The Bertz CT molecular complexity index is 1300. The molecule has 5 rings (SSSR count). The number of anilines is 2. The Morgan fingerprint density at radius 2 is 1.47 bits per heavy atom. The molecule has 1 aliphatic heterocycles. The molecule has 0 aromatic heterocycles. The van der Waals surface area contributed by atoms with Crippen LogP contribution in [-0.2, 0) is 16.7 Å². The molecule has 0 bridgehead atoms. The van der Waals surface area contributed by atoms with Crippen LogP contribution in [0.25, 0.3) is 0 Å². The van der Waals surface area contributed by atoms with E-state index in [1.807, 2.05) is 12.1 Å². The van der Waals surface area contributed by atoms with Gasteiger partial charge in [0.25, 0.3) is 5.91 Å². The van der Waals surface area contributed by atoms with E-state index in [0.29, 0.717) is 13.2 Å². The average molecular weight is 512 g/mol. The van der Waals surface area contributed by atoms with Gasteiger partial charge in [0.1, 0.15) is 5.54 Å². The minimum atomic E-state index is -0.667. The van der Waals surface area contributed by atoms with Gasteiger partial charge in [0, 0.05) is 43.2 Å². The van der Waals surface area contributed by atoms with Gasteiger partial charge in [-0.05, 0) is 112 Å². The first-order valence-corrected chi connectivity index (χ1v) is 14.1. The van der Waals surface area contributed by atoms with Crippen molar-refractivity contribution < 1.29 is 9.53 Å². The summed E-state index contributed by atoms with van der Waals surface area (Å²) in [6.45, 7) is 15.7. The second-order valence-corrected chi connectivity index (χ2v) is 10.9. The fraction of sp³-hybridized carbons (Fsp3) is 0.424. The fourth-order valence-corrected chi connectivity index (χ4v) is 6.40. The molecule has 1 aliphatic carbocycles. The quantitative estimate of drug-likeness (QED) is 0.317. The van der Waals surface area contributed by atoms with Crippen LogP contribution in [-0.4, -0.2) is 43.2 Å². The molecule has 0 fully saturated rings. The Morgan fingerprint density at radius 3 is 2.03 bits per heavy atom. The van der Waals surface area contributed by atoms with Gasteiger partial charge in [0.15, 0.2) is 0 Å². The predicted molar refractivity (Wildman–Crippen MR) is 157 cm³/mol. The van der Waals surface area contributed by atoms with E-state index < -0.39 is 5.54 Å². The number of rotatable bonds is 9. The Labute approximate surface area is 227 Å². The minimum absolute atomic E-state index is 0.103. The second-order valence-electron chi connectivity index (χ2n) is 10.9. The maximum absolute atomic E-state index is 14.2. The average Bonchev–Trinajstić information content (AvgIpc) is 3.13. The van der Waals surface area contributed by atoms with Crippen LogP contribution in [0, 0.1) is 13.8 Å². The Morgan fingerprint density at radius 1 is 0.895 bits per heavy atom. The molecule has 0 saturated carbocycles. The summed E-state index contributed by atoms with van der Waals surface area (Å²) in [6, 6.07) is 17.5. The van der Waals surface area contributed by atoms with Crippen molar-refractivity contribution in [2.75, 3.05) is 36.9 Å². The van der Waals surface area contributed by atoms with Gasteiger partial charge in [0.05, 0.1) is 6.10 Å². The van der Waals surface area contributed by atoms with Gasteiger partial charge in [-0.25, -0.2) is 0 Å². The van der Waals surface area contributed by atoms with Crippen molar-refractivity contribution in [3.63, 3.8) is 0 Å². The lowest BCUT2D eigenvalue weighted by atomic mass is 9.67. The largest absolute Gasteiger partial charge is 0.385 e. The van der Waals surface area contributed by atoms with Crippen LogP contribution in [0.3, 0.4) is 0 Å². The summed E-state index contributed by atoms with van der Waals surface area (Å²) in [7, 11) is 0. The van der Waals surface area contributed by atoms with Gasteiger partial charge in [-0.3, -0.25) is 4.79 Å². The number of benzene rings is 3. The maximum atomic E-state index is 14.2. The van der Waals surface area contributed by atoms with Gasteiger partial charge < -0.3 is 20.3 Å². The van der Waals surface area contributed by atoms with E-state index in [-0.39, 0.29) is 12.0 Å². The zero-order valence-electron chi connectivity index (χ0n) is 23.7. The molecule has 5 heteroatoms. The molecule has 38 heavy (non-hydrogen) atoms. The fourth-order valence-electron chi connectivity index (χ4n) is 6.40. The first-order chi connectivity index (χ1) is 18.3. The monoisotopic (exact) mass is 511 g/mol. The van der Waals surface area contributed by atoms with Crippen LogP contribution in [0.5, 0.6) is 0 Å². The van der Waals surface area contributed by atoms with Crippen molar-refractivity contribution in [3.8, 4) is 0 Å². The predicted octanol–water partition coefficient (Wildman–Crippen LogP) is 6.63. The van der Waals surface area contributed by atoms with E-state index >= 15 is 0 Å². The Hall–Kier alpha value is -3.31. The highest BCUT2D eigenvalue weighted by Crippen LogP contribution is 2.55. The van der Waals surface area contributed by atoms with Crippen molar-refractivity contribution in [2.45, 2.75) is 66.0 Å². The molecule has 2 aliphatic rings. The van der Waals surface area contributed by atoms with E-state index in [2.05, 4.69) is 93.5 Å². The summed E-state index contributed by atoms with van der Waals surface area (Å²) in [6.07, 6.45) is 1.79. The number of aryl methyl sites for hydroxylation is 2. The third-order valence-corrected chi connectivity index (χ3v) is 7.97. The summed E-state index contributed by atoms with van der Waals surface area (Å²) in [5.41, 5.74) is 11.0. The topological polar surface area (TPSA) is 53.6 Å². The highest BCUT2D eigenvalue weighted by Gasteiger charge is 2.55. The van der Waals surface area contributed by atoms with Crippen LogP contribution < -0.4 is 10.6 Å². The molecule has 3 aromatic rings. The molecule has 2 N–H and O–H groups in total. The number of carbonyl (C=O) groups excluding carboxylic acids is 1. The SMILES string of the molecule is CCNc1cc2c(cc1C)C1(c3cc(C)c(NCC)cc3C2)c2ccccc2C(=O)N1CCCOC(C)C. The molecule has 1 heterocycles. The van der Waals surface area contributed by atoms with Crippen LogP contribution in [0.4, 0.5) is 11.4 Å². The lowest BCUT2D eigenvalue weighted by molar-refractivity contribution is 0.0534. The van der Waals surface area contributed by atoms with Gasteiger partial charge in [0.2, 0.25) is 0 Å². The van der Waals surface area contributed by atoms with Gasteiger partial charge in [-0.15, -0.1) is 0 Å². The number of nitrogens with zero attached hydrogens (tertiary/aromatic N) is 1. The van der Waals surface area contributed by atoms with Crippen LogP contribution >= 0.6 is 0 Å². The summed E-state index contributed by atoms with van der Waals surface area (Å²) < 4.78 is 5.90. The molecule has 200 valence electrons. The number of hydrogen-bond acceptors (Lipinski definition) is 4. The molecular formula is C33H41N3O2. The van der Waals surface area contributed by atoms with Crippen LogP contribution in [0.15, 0.2) is 48.5 Å². The zero-order chi connectivity index (χ0) is 27.0. The number of ether oxygens (including phenoxy) is 1. The number of hydrogen-bond donors (Lipinski definition) is 2. The van der Waals surface area contributed by atoms with Gasteiger partial charge in [-0.1, -0.05) is 30.3 Å². The van der Waals surface area contributed by atoms with E-state index in [0.717, 1.165) is 37.1 Å². The van der Waals surface area contributed by atoms with Gasteiger partial charge in [-0.2, -0.15) is 0 Å². The summed E-state index contributed by atoms with van der Waals surface area (Å²) in [4.78, 5) is 16.3. The second kappa shape index (κ2) is 10.5. The van der Waals surface area contributed by atoms with E-state index in [1.54, 1.807) is 0 Å². The number of amides is 1. The standard InChI is InChI=1S/C33H41N3O2/c1-7-34-30-19-24-18-25-20-31(35-8-2)23(6)17-29(25)33(28(24)16-22(30)5)27-13-10-9-12-26(27)32(37)36(33)14-11-15-38-21(3)4/h9-10,12-13,16-17,19-21,34-35H,7-8,11,14-15,18H2,1-6H3. The van der Waals surface area contributed by atoms with Crippen molar-refractivity contribution in [1.29, 1.82) is 0 Å². The maximum Gasteiger partial charge on any atom is 0.255 e. The third-order valence-electron chi connectivity index (χ3n) is 7.97. The van der Waals surface area contributed by atoms with E-state index in [4.69, 9.17) is 4.74 Å². The van der Waals surface area contributed by atoms with Crippen molar-refractivity contribution >= 4 is 17.3 Å². The first-order valence-electron chi connectivity index (χ1n) is 14.1. The number of carbonyl (C=O) groups is 1. The van der Waals surface area contributed by atoms with Crippen molar-refractivity contribution in [2.24, 2.45) is 0 Å². The third kappa shape index (κ3) is 4.17. The molecule has 1 amide bonds. The number of fused-ring (bicyclic) bond motifs is 6. The summed E-state index contributed by atoms with van der Waals surface area (Å²) in [5, 5.41) is 7.10. The molecule has 1 spiro atoms. The van der Waals surface area contributed by atoms with Crippen LogP contribution in [0.1, 0.15) is 83.4 Å².